The van der Waals surface area contributed by atoms with Gasteiger partial charge in [0.25, 0.3) is 0 Å². The van der Waals surface area contributed by atoms with Gasteiger partial charge in [0.1, 0.15) is 11.8 Å². The molecule has 0 saturated heterocycles. The number of nitrogens with one attached hydrogen (secondary N) is 1. The largest absolute Gasteiger partial charge is 0.508 e. The van der Waals surface area contributed by atoms with Crippen molar-refractivity contribution in [2.75, 3.05) is 7.05 Å². The van der Waals surface area contributed by atoms with E-state index in [-0.39, 0.29) is 11.8 Å². The predicted molar refractivity (Wildman–Crippen MR) is 45.5 cm³/mol. The molecular formula is C9H10N2O. The van der Waals surface area contributed by atoms with Crippen LogP contribution in [0.15, 0.2) is 24.3 Å². The molecule has 0 fully saturated rings. The first kappa shape index (κ1) is 8.57. The van der Waals surface area contributed by atoms with E-state index in [1.54, 1.807) is 31.3 Å². The predicted octanol–water partition coefficient (Wildman–Crippen LogP) is 1.18. The van der Waals surface area contributed by atoms with Crippen molar-refractivity contribution in [3.05, 3.63) is 29.8 Å². The summed E-state index contributed by atoms with van der Waals surface area (Å²) in [5.74, 6) is 0.214. The van der Waals surface area contributed by atoms with Crippen LogP contribution in [0.5, 0.6) is 5.75 Å². The van der Waals surface area contributed by atoms with Crippen LogP contribution in [0, 0.1) is 11.3 Å². The van der Waals surface area contributed by atoms with Gasteiger partial charge in [-0.05, 0) is 24.7 Å². The third kappa shape index (κ3) is 1.74. The van der Waals surface area contributed by atoms with Gasteiger partial charge in [-0.2, -0.15) is 5.26 Å². The SMILES string of the molecule is CNC(C#N)c1ccc(O)cc1. The Morgan fingerprint density at radius 3 is 2.42 bits per heavy atom. The Balaban J connectivity index is 2.89. The van der Waals surface area contributed by atoms with Crippen molar-refractivity contribution >= 4 is 0 Å². The highest BCUT2D eigenvalue weighted by molar-refractivity contribution is 5.30. The van der Waals surface area contributed by atoms with Gasteiger partial charge in [-0.15, -0.1) is 0 Å². The number of hydrogen-bond acceptors (Lipinski definition) is 3. The second-order valence-corrected chi connectivity index (χ2v) is 2.44. The molecule has 1 atom stereocenters. The Morgan fingerprint density at radius 1 is 1.42 bits per heavy atom. The van der Waals surface area contributed by atoms with Gasteiger partial charge in [-0.1, -0.05) is 12.1 Å². The van der Waals surface area contributed by atoms with Crippen molar-refractivity contribution in [1.82, 2.24) is 5.32 Å². The Kier molecular flexibility index (Phi) is 2.67. The summed E-state index contributed by atoms with van der Waals surface area (Å²) in [6, 6.07) is 8.37. The van der Waals surface area contributed by atoms with Crippen LogP contribution in [-0.4, -0.2) is 12.2 Å². The van der Waals surface area contributed by atoms with Crippen LogP contribution in [0.25, 0.3) is 0 Å². The molecule has 0 saturated carbocycles. The molecule has 0 aromatic heterocycles. The van der Waals surface area contributed by atoms with Gasteiger partial charge in [0.15, 0.2) is 0 Å². The third-order valence-electron chi connectivity index (χ3n) is 1.64. The highest BCUT2D eigenvalue weighted by Crippen LogP contribution is 2.15. The van der Waals surface area contributed by atoms with E-state index in [4.69, 9.17) is 10.4 Å². The average Bonchev–Trinajstić information content (AvgIpc) is 2.10. The summed E-state index contributed by atoms with van der Waals surface area (Å²) in [5.41, 5.74) is 0.859. The number of phenolic OH excluding ortho intramolecular Hbond substituents is 1. The number of benzene rings is 1. The summed E-state index contributed by atoms with van der Waals surface area (Å²) in [4.78, 5) is 0. The van der Waals surface area contributed by atoms with E-state index in [1.165, 1.54) is 0 Å². The van der Waals surface area contributed by atoms with Crippen molar-refractivity contribution in [3.8, 4) is 11.8 Å². The van der Waals surface area contributed by atoms with Crippen molar-refractivity contribution < 1.29 is 5.11 Å². The van der Waals surface area contributed by atoms with Gasteiger partial charge in [0, 0.05) is 0 Å². The molecule has 0 amide bonds. The van der Waals surface area contributed by atoms with Crippen molar-refractivity contribution in [1.29, 1.82) is 5.26 Å². The zero-order valence-electron chi connectivity index (χ0n) is 6.78. The number of phenols is 1. The van der Waals surface area contributed by atoms with E-state index in [0.717, 1.165) is 5.56 Å². The molecule has 0 spiro atoms. The van der Waals surface area contributed by atoms with Crippen LogP contribution >= 0.6 is 0 Å². The lowest BCUT2D eigenvalue weighted by Crippen LogP contribution is -2.13. The Labute approximate surface area is 71.3 Å². The molecule has 0 aliphatic rings. The monoisotopic (exact) mass is 162 g/mol. The van der Waals surface area contributed by atoms with Gasteiger partial charge in [-0.3, -0.25) is 0 Å². The lowest BCUT2D eigenvalue weighted by Gasteiger charge is -2.06. The molecule has 1 aromatic rings. The second-order valence-electron chi connectivity index (χ2n) is 2.44. The smallest absolute Gasteiger partial charge is 0.121 e. The van der Waals surface area contributed by atoms with Crippen molar-refractivity contribution in [2.24, 2.45) is 0 Å². The minimum absolute atomic E-state index is 0.214. The molecule has 3 heteroatoms. The highest BCUT2D eigenvalue weighted by Gasteiger charge is 2.05. The maximum absolute atomic E-state index is 8.98. The van der Waals surface area contributed by atoms with E-state index in [2.05, 4.69) is 11.4 Å². The van der Waals surface area contributed by atoms with Crippen LogP contribution in [0.3, 0.4) is 0 Å². The van der Waals surface area contributed by atoms with Gasteiger partial charge in [0.05, 0.1) is 6.07 Å². The molecule has 1 unspecified atom stereocenters. The van der Waals surface area contributed by atoms with E-state index in [0.29, 0.717) is 0 Å². The fourth-order valence-electron chi connectivity index (χ4n) is 0.973. The number of hydrogen-bond donors (Lipinski definition) is 2. The summed E-state index contributed by atoms with van der Waals surface area (Å²) < 4.78 is 0. The molecule has 1 aromatic carbocycles. The van der Waals surface area contributed by atoms with Gasteiger partial charge < -0.3 is 10.4 Å². The molecule has 1 rings (SSSR count). The molecule has 0 heterocycles. The van der Waals surface area contributed by atoms with Crippen LogP contribution < -0.4 is 5.32 Å². The number of nitriles is 1. The lowest BCUT2D eigenvalue weighted by atomic mass is 10.1. The first-order valence-electron chi connectivity index (χ1n) is 3.63. The van der Waals surface area contributed by atoms with E-state index < -0.39 is 0 Å². The first-order valence-corrected chi connectivity index (χ1v) is 3.63. The Bertz CT molecular complexity index is 286. The molecule has 0 aliphatic heterocycles. The molecule has 62 valence electrons. The van der Waals surface area contributed by atoms with Crippen LogP contribution in [0.4, 0.5) is 0 Å². The summed E-state index contributed by atoms with van der Waals surface area (Å²) in [6.07, 6.45) is 0. The maximum atomic E-state index is 8.98. The molecule has 0 bridgehead atoms. The Hall–Kier alpha value is -1.53. The Morgan fingerprint density at radius 2 is 2.00 bits per heavy atom. The minimum Gasteiger partial charge on any atom is -0.508 e. The van der Waals surface area contributed by atoms with E-state index in [1.807, 2.05) is 0 Å². The van der Waals surface area contributed by atoms with Gasteiger partial charge in [-0.25, -0.2) is 0 Å². The topological polar surface area (TPSA) is 56.0 Å². The van der Waals surface area contributed by atoms with Crippen molar-refractivity contribution in [3.63, 3.8) is 0 Å². The van der Waals surface area contributed by atoms with Gasteiger partial charge in [0.2, 0.25) is 0 Å². The van der Waals surface area contributed by atoms with Gasteiger partial charge >= 0.3 is 0 Å². The zero-order chi connectivity index (χ0) is 8.97. The third-order valence-corrected chi connectivity index (χ3v) is 1.64. The number of rotatable bonds is 2. The van der Waals surface area contributed by atoms with Crippen molar-refractivity contribution in [2.45, 2.75) is 6.04 Å². The van der Waals surface area contributed by atoms with E-state index >= 15 is 0 Å². The quantitative estimate of drug-likeness (QED) is 0.686. The van der Waals surface area contributed by atoms with Crippen LogP contribution in [-0.2, 0) is 0 Å². The fourth-order valence-corrected chi connectivity index (χ4v) is 0.973. The molecule has 3 nitrogen and oxygen atoms in total. The van der Waals surface area contributed by atoms with E-state index in [9.17, 15) is 0 Å². The number of nitrogens with zero attached hydrogens (tertiary/aromatic N) is 1. The highest BCUT2D eigenvalue weighted by atomic mass is 16.3. The second kappa shape index (κ2) is 3.74. The molecule has 0 aliphatic carbocycles. The fraction of sp³-hybridized carbons (Fsp3) is 0.222. The molecule has 12 heavy (non-hydrogen) atoms. The maximum Gasteiger partial charge on any atom is 0.121 e. The molecule has 0 radical (unpaired) electrons. The number of aromatic hydroxyl groups is 1. The summed E-state index contributed by atoms with van der Waals surface area (Å²) >= 11 is 0. The van der Waals surface area contributed by atoms with Crippen LogP contribution in [0.2, 0.25) is 0 Å². The lowest BCUT2D eigenvalue weighted by molar-refractivity contribution is 0.475. The zero-order valence-corrected chi connectivity index (χ0v) is 6.78. The average molecular weight is 162 g/mol. The minimum atomic E-state index is -0.300. The standard InChI is InChI=1S/C9H10N2O/c1-11-9(6-10)7-2-4-8(12)5-3-7/h2-5,9,11-12H,1H3. The first-order chi connectivity index (χ1) is 5.77. The molecule has 2 N–H and O–H groups in total. The summed E-state index contributed by atoms with van der Waals surface area (Å²) in [5, 5.41) is 20.5. The van der Waals surface area contributed by atoms with Crippen LogP contribution in [0.1, 0.15) is 11.6 Å². The molecular weight excluding hydrogens is 152 g/mol. The normalized spacial score (nSPS) is 12.0. The summed E-state index contributed by atoms with van der Waals surface area (Å²) in [6.45, 7) is 0. The summed E-state index contributed by atoms with van der Waals surface area (Å²) in [7, 11) is 1.72.